The van der Waals surface area contributed by atoms with Crippen LogP contribution >= 0.6 is 11.8 Å². The number of carbonyl (C=O) groups is 2. The quantitative estimate of drug-likeness (QED) is 0.616. The summed E-state index contributed by atoms with van der Waals surface area (Å²) in [5.41, 5.74) is 0. The second kappa shape index (κ2) is 8.23. The van der Waals surface area contributed by atoms with Crippen molar-refractivity contribution in [3.05, 3.63) is 0 Å². The van der Waals surface area contributed by atoms with E-state index in [0.29, 0.717) is 25.3 Å². The van der Waals surface area contributed by atoms with Gasteiger partial charge in [0.2, 0.25) is 0 Å². The molecule has 1 unspecified atom stereocenters. The molecule has 0 bridgehead atoms. The van der Waals surface area contributed by atoms with Crippen LogP contribution in [0.2, 0.25) is 0 Å². The molecule has 0 radical (unpaired) electrons. The van der Waals surface area contributed by atoms with Crippen LogP contribution in [0.3, 0.4) is 0 Å². The summed E-state index contributed by atoms with van der Waals surface area (Å²) in [6, 6.07) is -1.30. The van der Waals surface area contributed by atoms with Gasteiger partial charge in [-0.2, -0.15) is 11.8 Å². The fourth-order valence-electron chi connectivity index (χ4n) is 1.75. The van der Waals surface area contributed by atoms with Crippen molar-refractivity contribution >= 4 is 23.8 Å². The summed E-state index contributed by atoms with van der Waals surface area (Å²) in [4.78, 5) is 24.5. The molecule has 19 heavy (non-hydrogen) atoms. The number of carbonyl (C=O) groups excluding carboxylic acids is 1. The molecule has 8 heteroatoms. The summed E-state index contributed by atoms with van der Waals surface area (Å²) in [5, 5.41) is 20.5. The molecule has 2 atom stereocenters. The molecule has 0 spiro atoms. The van der Waals surface area contributed by atoms with E-state index < -0.39 is 24.1 Å². The Hall–Kier alpha value is -0.990. The highest BCUT2D eigenvalue weighted by Gasteiger charge is 2.27. The van der Waals surface area contributed by atoms with Gasteiger partial charge in [-0.1, -0.05) is 0 Å². The summed E-state index contributed by atoms with van der Waals surface area (Å²) < 4.78 is 5.23. The van der Waals surface area contributed by atoms with Gasteiger partial charge in [0.15, 0.2) is 0 Å². The Morgan fingerprint density at radius 3 is 2.89 bits per heavy atom. The monoisotopic (exact) mass is 292 g/mol. The Bertz CT molecular complexity index is 315. The molecule has 0 saturated carbocycles. The van der Waals surface area contributed by atoms with Gasteiger partial charge in [-0.15, -0.1) is 0 Å². The number of hydrogen-bond acceptors (Lipinski definition) is 5. The Balaban J connectivity index is 2.48. The maximum atomic E-state index is 11.9. The number of nitrogens with one attached hydrogen (secondary N) is 1. The number of carboxylic acid groups (broad SMARTS) is 1. The predicted molar refractivity (Wildman–Crippen MR) is 71.4 cm³/mol. The first-order valence-electron chi connectivity index (χ1n) is 6.08. The molecule has 1 aliphatic rings. The van der Waals surface area contributed by atoms with Crippen LogP contribution in [0.25, 0.3) is 0 Å². The number of aliphatic hydroxyl groups is 1. The predicted octanol–water partition coefficient (Wildman–Crippen LogP) is -0.405. The number of carboxylic acids is 1. The minimum Gasteiger partial charge on any atom is -0.480 e. The van der Waals surface area contributed by atoms with E-state index in [0.717, 1.165) is 0 Å². The Kier molecular flexibility index (Phi) is 6.96. The molecule has 2 amide bonds. The fraction of sp³-hybridized carbons (Fsp3) is 0.818. The van der Waals surface area contributed by atoms with Gasteiger partial charge in [-0.25, -0.2) is 9.59 Å². The fourth-order valence-corrected chi connectivity index (χ4v) is 2.22. The van der Waals surface area contributed by atoms with E-state index in [1.54, 1.807) is 0 Å². The smallest absolute Gasteiger partial charge is 0.326 e. The number of rotatable bonds is 6. The summed E-state index contributed by atoms with van der Waals surface area (Å²) >= 11 is 1.53. The van der Waals surface area contributed by atoms with Crippen LogP contribution in [-0.4, -0.2) is 77.6 Å². The third-order valence-corrected chi connectivity index (χ3v) is 3.48. The summed E-state index contributed by atoms with van der Waals surface area (Å²) in [6.07, 6.45) is 1.87. The molecule has 0 aliphatic carbocycles. The molecule has 1 heterocycles. The van der Waals surface area contributed by atoms with Gasteiger partial charge in [-0.3, -0.25) is 0 Å². The van der Waals surface area contributed by atoms with E-state index in [1.165, 1.54) is 16.7 Å². The number of urea groups is 1. The molecule has 1 fully saturated rings. The first-order chi connectivity index (χ1) is 9.08. The van der Waals surface area contributed by atoms with Crippen molar-refractivity contribution < 1.29 is 24.5 Å². The minimum absolute atomic E-state index is 0.154. The van der Waals surface area contributed by atoms with Gasteiger partial charge < -0.3 is 25.2 Å². The van der Waals surface area contributed by atoms with E-state index in [4.69, 9.17) is 14.9 Å². The molecule has 110 valence electrons. The second-order valence-corrected chi connectivity index (χ2v) is 5.23. The lowest BCUT2D eigenvalue weighted by Gasteiger charge is -2.32. The number of amides is 2. The molecule has 7 nitrogen and oxygen atoms in total. The minimum atomic E-state index is -1.03. The zero-order valence-electron chi connectivity index (χ0n) is 10.9. The van der Waals surface area contributed by atoms with Crippen LogP contribution in [0.15, 0.2) is 0 Å². The number of aliphatic hydroxyl groups excluding tert-OH is 1. The Labute approximate surface area is 116 Å². The topological polar surface area (TPSA) is 99.1 Å². The molecule has 1 saturated heterocycles. The molecule has 1 aliphatic heterocycles. The van der Waals surface area contributed by atoms with Crippen LogP contribution in [0.5, 0.6) is 0 Å². The average molecular weight is 292 g/mol. The van der Waals surface area contributed by atoms with Gasteiger partial charge in [0.25, 0.3) is 0 Å². The Morgan fingerprint density at radius 1 is 1.58 bits per heavy atom. The van der Waals surface area contributed by atoms with Crippen molar-refractivity contribution in [2.75, 3.05) is 38.3 Å². The van der Waals surface area contributed by atoms with Crippen molar-refractivity contribution in [3.63, 3.8) is 0 Å². The van der Waals surface area contributed by atoms with Crippen molar-refractivity contribution in [1.29, 1.82) is 0 Å². The summed E-state index contributed by atoms with van der Waals surface area (Å²) in [6.45, 7) is 0.869. The summed E-state index contributed by atoms with van der Waals surface area (Å²) in [5.74, 6) is -0.367. The first-order valence-corrected chi connectivity index (χ1v) is 7.47. The second-order valence-electron chi connectivity index (χ2n) is 4.24. The number of thioether (sulfide) groups is 1. The lowest BCUT2D eigenvalue weighted by molar-refractivity contribution is -0.139. The molecule has 0 aromatic rings. The van der Waals surface area contributed by atoms with Gasteiger partial charge in [0.1, 0.15) is 6.04 Å². The van der Waals surface area contributed by atoms with Crippen molar-refractivity contribution in [2.45, 2.75) is 18.6 Å². The van der Waals surface area contributed by atoms with E-state index in [1.807, 2.05) is 6.26 Å². The largest absolute Gasteiger partial charge is 0.480 e. The maximum Gasteiger partial charge on any atom is 0.326 e. The molecule has 0 aromatic carbocycles. The number of morpholine rings is 1. The summed E-state index contributed by atoms with van der Waals surface area (Å²) in [7, 11) is 0. The zero-order chi connectivity index (χ0) is 14.3. The lowest BCUT2D eigenvalue weighted by Crippen LogP contribution is -2.54. The highest BCUT2D eigenvalue weighted by molar-refractivity contribution is 7.98. The standard InChI is InChI=1S/C11H20N2O5S/c1-19-5-2-9(10(15)16)12-11(17)13-3-4-18-8(6-13)7-14/h8-9,14H,2-7H2,1H3,(H,12,17)(H,15,16)/t8?,9-/m1/s1. The highest BCUT2D eigenvalue weighted by Crippen LogP contribution is 2.07. The van der Waals surface area contributed by atoms with E-state index in [2.05, 4.69) is 5.32 Å². The van der Waals surface area contributed by atoms with Crippen molar-refractivity contribution in [3.8, 4) is 0 Å². The average Bonchev–Trinajstić information content (AvgIpc) is 2.42. The van der Waals surface area contributed by atoms with Gasteiger partial charge >= 0.3 is 12.0 Å². The van der Waals surface area contributed by atoms with Crippen LogP contribution in [0.1, 0.15) is 6.42 Å². The SMILES string of the molecule is CSCC[C@@H](NC(=O)N1CCOC(CO)C1)C(=O)O. The van der Waals surface area contributed by atoms with Gasteiger partial charge in [0, 0.05) is 6.54 Å². The van der Waals surface area contributed by atoms with Crippen molar-refractivity contribution in [2.24, 2.45) is 0 Å². The van der Waals surface area contributed by atoms with Crippen LogP contribution < -0.4 is 5.32 Å². The molecule has 0 aromatic heterocycles. The van der Waals surface area contributed by atoms with Crippen LogP contribution in [0, 0.1) is 0 Å². The van der Waals surface area contributed by atoms with Crippen molar-refractivity contribution in [1.82, 2.24) is 10.2 Å². The number of nitrogens with zero attached hydrogens (tertiary/aromatic N) is 1. The normalized spacial score (nSPS) is 20.9. The highest BCUT2D eigenvalue weighted by atomic mass is 32.2. The first kappa shape index (κ1) is 16.1. The molecular weight excluding hydrogens is 272 g/mol. The van der Waals surface area contributed by atoms with E-state index >= 15 is 0 Å². The maximum absolute atomic E-state index is 11.9. The Morgan fingerprint density at radius 2 is 2.32 bits per heavy atom. The molecular formula is C11H20N2O5S. The lowest BCUT2D eigenvalue weighted by atomic mass is 10.2. The molecule has 1 rings (SSSR count). The van der Waals surface area contributed by atoms with Gasteiger partial charge in [-0.05, 0) is 18.4 Å². The third kappa shape index (κ3) is 5.25. The number of aliphatic carboxylic acids is 1. The van der Waals surface area contributed by atoms with E-state index in [9.17, 15) is 9.59 Å². The zero-order valence-corrected chi connectivity index (χ0v) is 11.7. The van der Waals surface area contributed by atoms with E-state index in [-0.39, 0.29) is 13.2 Å². The number of ether oxygens (including phenoxy) is 1. The van der Waals surface area contributed by atoms with Crippen LogP contribution in [0.4, 0.5) is 4.79 Å². The van der Waals surface area contributed by atoms with Gasteiger partial charge in [0.05, 0.1) is 25.9 Å². The third-order valence-electron chi connectivity index (χ3n) is 2.84. The molecule has 3 N–H and O–H groups in total. The number of hydrogen-bond donors (Lipinski definition) is 3. The van der Waals surface area contributed by atoms with Crippen LogP contribution in [-0.2, 0) is 9.53 Å².